The van der Waals surface area contributed by atoms with E-state index in [0.717, 1.165) is 21.7 Å². The molecule has 0 atom stereocenters. The quantitative estimate of drug-likeness (QED) is 0.575. The normalized spacial score (nSPS) is 11.0. The number of para-hydroxylation sites is 1. The zero-order valence-corrected chi connectivity index (χ0v) is 12.6. The van der Waals surface area contributed by atoms with Gasteiger partial charge in [-0.25, -0.2) is 4.68 Å². The van der Waals surface area contributed by atoms with E-state index >= 15 is 0 Å². The van der Waals surface area contributed by atoms with Crippen LogP contribution in [0.15, 0.2) is 58.7 Å². The van der Waals surface area contributed by atoms with E-state index in [1.165, 1.54) is 0 Å². The third-order valence-electron chi connectivity index (χ3n) is 3.36. The Morgan fingerprint density at radius 2 is 2.05 bits per heavy atom. The summed E-state index contributed by atoms with van der Waals surface area (Å²) in [6.07, 6.45) is 3.63. The van der Waals surface area contributed by atoms with Crippen LogP contribution in [-0.2, 0) is 0 Å². The third-order valence-corrected chi connectivity index (χ3v) is 4.23. The molecule has 0 aliphatic heterocycles. The number of benzene rings is 1. The number of hydrogen-bond acceptors (Lipinski definition) is 5. The molecule has 108 valence electrons. The molecule has 1 aromatic carbocycles. The fourth-order valence-electron chi connectivity index (χ4n) is 2.23. The molecule has 0 unspecified atom stereocenters. The summed E-state index contributed by atoms with van der Waals surface area (Å²) in [6.45, 7) is 2.05. The van der Waals surface area contributed by atoms with Gasteiger partial charge in [-0.3, -0.25) is 0 Å². The number of hydrogen-bond donors (Lipinski definition) is 0. The molecule has 22 heavy (non-hydrogen) atoms. The Morgan fingerprint density at radius 3 is 2.86 bits per heavy atom. The first-order chi connectivity index (χ1) is 10.8. The number of nitrogens with zero attached hydrogens (tertiary/aromatic N) is 4. The second-order valence-electron chi connectivity index (χ2n) is 4.86. The van der Waals surface area contributed by atoms with Gasteiger partial charge in [-0.2, -0.15) is 10.1 Å². The Bertz CT molecular complexity index is 908. The zero-order chi connectivity index (χ0) is 14.9. The van der Waals surface area contributed by atoms with E-state index in [2.05, 4.69) is 28.2 Å². The van der Waals surface area contributed by atoms with Gasteiger partial charge in [-0.05, 0) is 30.0 Å². The van der Waals surface area contributed by atoms with Gasteiger partial charge in [0.05, 0.1) is 22.3 Å². The van der Waals surface area contributed by atoms with Crippen LogP contribution in [0.3, 0.4) is 0 Å². The van der Waals surface area contributed by atoms with Crippen LogP contribution in [-0.4, -0.2) is 19.9 Å². The fraction of sp³-hybridized carbons (Fsp3) is 0.0625. The maximum absolute atomic E-state index is 5.35. The van der Waals surface area contributed by atoms with Crippen molar-refractivity contribution in [2.45, 2.75) is 6.92 Å². The molecule has 0 N–H and O–H groups in total. The highest BCUT2D eigenvalue weighted by molar-refractivity contribution is 7.13. The van der Waals surface area contributed by atoms with Gasteiger partial charge < -0.3 is 4.52 Å². The Morgan fingerprint density at radius 1 is 1.14 bits per heavy atom. The van der Waals surface area contributed by atoms with Gasteiger partial charge in [0.1, 0.15) is 0 Å². The first kappa shape index (κ1) is 13.0. The number of aromatic nitrogens is 4. The van der Waals surface area contributed by atoms with Crippen molar-refractivity contribution in [3.63, 3.8) is 0 Å². The van der Waals surface area contributed by atoms with Gasteiger partial charge in [-0.15, -0.1) is 11.3 Å². The number of thiophene rings is 1. The molecular weight excluding hydrogens is 296 g/mol. The molecule has 0 saturated heterocycles. The first-order valence-electron chi connectivity index (χ1n) is 6.80. The summed E-state index contributed by atoms with van der Waals surface area (Å²) >= 11 is 1.58. The molecule has 0 amide bonds. The standard InChI is InChI=1S/C16H12N4OS/c1-11-5-2-3-6-13(11)20-10-12(9-17-20)16-18-15(19-21-16)14-7-4-8-22-14/h2-10H,1H3. The van der Waals surface area contributed by atoms with E-state index in [4.69, 9.17) is 4.52 Å². The SMILES string of the molecule is Cc1ccccc1-n1cc(-c2nc(-c3cccs3)no2)cn1. The zero-order valence-electron chi connectivity index (χ0n) is 11.8. The van der Waals surface area contributed by atoms with Gasteiger partial charge in [0, 0.05) is 6.20 Å². The molecule has 0 saturated carbocycles. The van der Waals surface area contributed by atoms with E-state index in [9.17, 15) is 0 Å². The Labute approximate surface area is 130 Å². The average Bonchev–Trinajstić information content (AvgIpc) is 3.27. The van der Waals surface area contributed by atoms with E-state index in [0.29, 0.717) is 11.7 Å². The third kappa shape index (κ3) is 2.23. The summed E-state index contributed by atoms with van der Waals surface area (Å²) < 4.78 is 7.17. The van der Waals surface area contributed by atoms with E-state index in [-0.39, 0.29) is 0 Å². The first-order valence-corrected chi connectivity index (χ1v) is 7.68. The topological polar surface area (TPSA) is 56.7 Å². The molecule has 0 aliphatic rings. The van der Waals surface area contributed by atoms with Crippen LogP contribution >= 0.6 is 11.3 Å². The van der Waals surface area contributed by atoms with Crippen LogP contribution in [0.5, 0.6) is 0 Å². The largest absolute Gasteiger partial charge is 0.333 e. The molecule has 0 bridgehead atoms. The maximum Gasteiger partial charge on any atom is 0.261 e. The minimum Gasteiger partial charge on any atom is -0.333 e. The van der Waals surface area contributed by atoms with Crippen LogP contribution in [0.4, 0.5) is 0 Å². The minimum absolute atomic E-state index is 0.475. The van der Waals surface area contributed by atoms with Crippen LogP contribution in [0.1, 0.15) is 5.56 Å². The molecule has 4 aromatic rings. The highest BCUT2D eigenvalue weighted by atomic mass is 32.1. The molecule has 0 spiro atoms. The van der Waals surface area contributed by atoms with E-state index in [1.54, 1.807) is 17.5 Å². The minimum atomic E-state index is 0.475. The van der Waals surface area contributed by atoms with Crippen molar-refractivity contribution >= 4 is 11.3 Å². The Hall–Kier alpha value is -2.73. The lowest BCUT2D eigenvalue weighted by molar-refractivity contribution is 0.432. The highest BCUT2D eigenvalue weighted by Gasteiger charge is 2.13. The molecule has 3 aromatic heterocycles. The van der Waals surface area contributed by atoms with Gasteiger partial charge in [0.15, 0.2) is 0 Å². The van der Waals surface area contributed by atoms with E-state index in [1.807, 2.05) is 46.6 Å². The molecule has 3 heterocycles. The van der Waals surface area contributed by atoms with Gasteiger partial charge in [-0.1, -0.05) is 29.4 Å². The molecule has 5 nitrogen and oxygen atoms in total. The molecule has 4 rings (SSSR count). The van der Waals surface area contributed by atoms with Crippen LogP contribution in [0.2, 0.25) is 0 Å². The molecule has 0 aliphatic carbocycles. The van der Waals surface area contributed by atoms with Crippen molar-refractivity contribution in [3.05, 3.63) is 59.7 Å². The second-order valence-corrected chi connectivity index (χ2v) is 5.81. The van der Waals surface area contributed by atoms with Crippen LogP contribution < -0.4 is 0 Å². The van der Waals surface area contributed by atoms with Gasteiger partial charge in [0.25, 0.3) is 5.89 Å². The summed E-state index contributed by atoms with van der Waals surface area (Å²) in [4.78, 5) is 5.42. The van der Waals surface area contributed by atoms with Gasteiger partial charge in [0.2, 0.25) is 5.82 Å². The Balaban J connectivity index is 1.69. The van der Waals surface area contributed by atoms with Crippen molar-refractivity contribution in [1.29, 1.82) is 0 Å². The summed E-state index contributed by atoms with van der Waals surface area (Å²) in [5.41, 5.74) is 2.99. The lowest BCUT2D eigenvalue weighted by Crippen LogP contribution is -1.96. The predicted octanol–water partition coefficient (Wildman–Crippen LogP) is 3.96. The highest BCUT2D eigenvalue weighted by Crippen LogP contribution is 2.25. The van der Waals surface area contributed by atoms with Crippen molar-refractivity contribution in [2.75, 3.05) is 0 Å². The summed E-state index contributed by atoms with van der Waals surface area (Å²) in [5.74, 6) is 1.08. The monoisotopic (exact) mass is 308 g/mol. The predicted molar refractivity (Wildman–Crippen MR) is 84.9 cm³/mol. The average molecular weight is 308 g/mol. The van der Waals surface area contributed by atoms with E-state index < -0.39 is 0 Å². The molecule has 0 fully saturated rings. The van der Waals surface area contributed by atoms with Crippen molar-refractivity contribution in [1.82, 2.24) is 19.9 Å². The smallest absolute Gasteiger partial charge is 0.261 e. The molecule has 6 heteroatoms. The van der Waals surface area contributed by atoms with Crippen molar-refractivity contribution in [3.8, 4) is 27.8 Å². The second kappa shape index (κ2) is 5.23. The molecular formula is C16H12N4OS. The van der Waals surface area contributed by atoms with Crippen molar-refractivity contribution in [2.24, 2.45) is 0 Å². The number of rotatable bonds is 3. The van der Waals surface area contributed by atoms with Crippen molar-refractivity contribution < 1.29 is 4.52 Å². The van der Waals surface area contributed by atoms with Crippen LogP contribution in [0.25, 0.3) is 27.8 Å². The number of aryl methyl sites for hydroxylation is 1. The summed E-state index contributed by atoms with van der Waals surface area (Å²) in [7, 11) is 0. The molecule has 0 radical (unpaired) electrons. The Kier molecular flexibility index (Phi) is 3.08. The maximum atomic E-state index is 5.35. The summed E-state index contributed by atoms with van der Waals surface area (Å²) in [6, 6.07) is 12.0. The van der Waals surface area contributed by atoms with Crippen LogP contribution in [0, 0.1) is 6.92 Å². The summed E-state index contributed by atoms with van der Waals surface area (Å²) in [5, 5.41) is 10.4. The lowest BCUT2D eigenvalue weighted by atomic mass is 10.2. The fourth-order valence-corrected chi connectivity index (χ4v) is 2.88. The van der Waals surface area contributed by atoms with Gasteiger partial charge >= 0.3 is 0 Å². The lowest BCUT2D eigenvalue weighted by Gasteiger charge is -2.03.